The van der Waals surface area contributed by atoms with E-state index >= 15 is 0 Å². The van der Waals surface area contributed by atoms with Gasteiger partial charge in [0.25, 0.3) is 0 Å². The Morgan fingerprint density at radius 2 is 1.29 bits per heavy atom. The van der Waals surface area contributed by atoms with Crippen molar-refractivity contribution in [3.05, 3.63) is 104 Å². The molecule has 3 aromatic rings. The minimum atomic E-state index is 0.518. The van der Waals surface area contributed by atoms with Crippen LogP contribution in [0.25, 0.3) is 23.3 Å². The number of halogens is 1. The van der Waals surface area contributed by atoms with E-state index in [-0.39, 0.29) is 0 Å². The van der Waals surface area contributed by atoms with Crippen LogP contribution in [0.4, 0.5) is 0 Å². The van der Waals surface area contributed by atoms with Crippen molar-refractivity contribution in [1.82, 2.24) is 0 Å². The molecule has 0 saturated heterocycles. The molecule has 0 amide bonds. The van der Waals surface area contributed by atoms with E-state index < -0.39 is 0 Å². The zero-order valence-electron chi connectivity index (χ0n) is 18.8. The van der Waals surface area contributed by atoms with Crippen molar-refractivity contribution in [2.75, 3.05) is 0 Å². The molecule has 3 aromatic carbocycles. The van der Waals surface area contributed by atoms with Gasteiger partial charge in [-0.05, 0) is 85.5 Å². The number of hydrogen-bond acceptors (Lipinski definition) is 0. The molecule has 5 rings (SSSR count). The molecule has 31 heavy (non-hydrogen) atoms. The first-order chi connectivity index (χ1) is 14.9. The second-order valence-corrected chi connectivity index (χ2v) is 10.2. The summed E-state index contributed by atoms with van der Waals surface area (Å²) in [5.41, 5.74) is 14.2. The molecule has 1 heteroatoms. The number of fused-ring (bicyclic) bond motifs is 2. The molecule has 0 saturated carbocycles. The number of hydrogen-bond donors (Lipinski definition) is 0. The van der Waals surface area contributed by atoms with Crippen LogP contribution in [-0.2, 0) is 0 Å². The molecule has 0 N–H and O–H groups in total. The summed E-state index contributed by atoms with van der Waals surface area (Å²) in [5, 5.41) is 0. The van der Waals surface area contributed by atoms with Gasteiger partial charge in [-0.25, -0.2) is 0 Å². The molecule has 0 radical (unpaired) electrons. The van der Waals surface area contributed by atoms with Crippen molar-refractivity contribution in [1.29, 1.82) is 0 Å². The highest BCUT2D eigenvalue weighted by molar-refractivity contribution is 9.10. The fraction of sp³-hybridized carbons (Fsp3) is 0.267. The van der Waals surface area contributed by atoms with E-state index in [4.69, 9.17) is 0 Å². The largest absolute Gasteiger partial charge is 0.0652 e. The van der Waals surface area contributed by atoms with Crippen LogP contribution in [0.3, 0.4) is 0 Å². The third-order valence-corrected chi connectivity index (χ3v) is 7.94. The fourth-order valence-corrected chi connectivity index (χ4v) is 6.06. The smallest absolute Gasteiger partial charge is 0.0250 e. The van der Waals surface area contributed by atoms with Crippen molar-refractivity contribution in [3.8, 4) is 11.1 Å². The highest BCUT2D eigenvalue weighted by Crippen LogP contribution is 2.47. The lowest BCUT2D eigenvalue weighted by Crippen LogP contribution is -2.03. The van der Waals surface area contributed by atoms with Gasteiger partial charge in [-0.15, -0.1) is 0 Å². The molecule has 0 aromatic heterocycles. The average molecular weight is 469 g/mol. The van der Waals surface area contributed by atoms with Crippen molar-refractivity contribution in [2.24, 2.45) is 0 Å². The van der Waals surface area contributed by atoms with E-state index in [1.165, 1.54) is 73.0 Å². The van der Waals surface area contributed by atoms with Gasteiger partial charge in [0.2, 0.25) is 0 Å². The summed E-state index contributed by atoms with van der Waals surface area (Å²) in [7, 11) is 0. The molecular formula is C30H29Br. The van der Waals surface area contributed by atoms with Gasteiger partial charge in [0.15, 0.2) is 0 Å². The highest BCUT2D eigenvalue weighted by Gasteiger charge is 2.29. The Balaban J connectivity index is 1.45. The van der Waals surface area contributed by atoms with Gasteiger partial charge in [0.1, 0.15) is 0 Å². The zero-order valence-corrected chi connectivity index (χ0v) is 20.4. The monoisotopic (exact) mass is 468 g/mol. The number of allylic oxidation sites excluding steroid dienone is 2. The molecule has 0 bridgehead atoms. The highest BCUT2D eigenvalue weighted by atomic mass is 79.9. The molecule has 2 unspecified atom stereocenters. The van der Waals surface area contributed by atoms with Crippen molar-refractivity contribution in [2.45, 2.75) is 52.4 Å². The molecule has 0 aliphatic heterocycles. The van der Waals surface area contributed by atoms with Gasteiger partial charge in [0.05, 0.1) is 0 Å². The van der Waals surface area contributed by atoms with Crippen LogP contribution in [0.1, 0.15) is 71.9 Å². The van der Waals surface area contributed by atoms with Crippen LogP contribution in [0.2, 0.25) is 0 Å². The second kappa shape index (κ2) is 7.95. The van der Waals surface area contributed by atoms with E-state index in [1.807, 2.05) is 0 Å². The average Bonchev–Trinajstić information content (AvgIpc) is 3.24. The lowest BCUT2D eigenvalue weighted by atomic mass is 9.84. The van der Waals surface area contributed by atoms with Crippen LogP contribution in [-0.4, -0.2) is 0 Å². The van der Waals surface area contributed by atoms with Gasteiger partial charge < -0.3 is 0 Å². The van der Waals surface area contributed by atoms with Crippen LogP contribution in [0.5, 0.6) is 0 Å². The quantitative estimate of drug-likeness (QED) is 0.357. The Kier molecular flexibility index (Phi) is 5.26. The predicted molar refractivity (Wildman–Crippen MR) is 138 cm³/mol. The van der Waals surface area contributed by atoms with Crippen molar-refractivity contribution in [3.63, 3.8) is 0 Å². The molecule has 0 fully saturated rings. The lowest BCUT2D eigenvalue weighted by Gasteiger charge is -2.20. The van der Waals surface area contributed by atoms with Gasteiger partial charge in [-0.1, -0.05) is 93.3 Å². The van der Waals surface area contributed by atoms with Crippen LogP contribution in [0, 0.1) is 13.8 Å². The van der Waals surface area contributed by atoms with E-state index in [1.54, 1.807) is 0 Å². The first kappa shape index (κ1) is 20.5. The van der Waals surface area contributed by atoms with Gasteiger partial charge in [-0.2, -0.15) is 0 Å². The molecule has 0 nitrogen and oxygen atoms in total. The Bertz CT molecular complexity index is 1240. The summed E-state index contributed by atoms with van der Waals surface area (Å²) >= 11 is 3.74. The minimum absolute atomic E-state index is 0.518. The maximum absolute atomic E-state index is 3.74. The number of aryl methyl sites for hydroxylation is 2. The molecule has 2 aliphatic carbocycles. The van der Waals surface area contributed by atoms with Gasteiger partial charge >= 0.3 is 0 Å². The van der Waals surface area contributed by atoms with Crippen LogP contribution >= 0.6 is 15.9 Å². The minimum Gasteiger partial charge on any atom is -0.0652 e. The normalized spacial score (nSPS) is 19.1. The standard InChI is InChI=1S/C30H29Br/c1-18-11-12-19(2)27(15-18)26-8-5-7-24-22(20(3)16-28(24)26)13-14-23-21(4)17-29-25(23)9-6-10-30(29)31/h5-12,15-17,22-23H,13-14H2,1-4H3. The first-order valence-electron chi connectivity index (χ1n) is 11.3. The Morgan fingerprint density at radius 3 is 2.00 bits per heavy atom. The summed E-state index contributed by atoms with van der Waals surface area (Å²) in [6.07, 6.45) is 7.19. The molecule has 0 heterocycles. The maximum atomic E-state index is 3.74. The lowest BCUT2D eigenvalue weighted by molar-refractivity contribution is 0.611. The van der Waals surface area contributed by atoms with E-state index in [0.29, 0.717) is 11.8 Å². The predicted octanol–water partition coefficient (Wildman–Crippen LogP) is 9.21. The third-order valence-electron chi connectivity index (χ3n) is 7.25. The van der Waals surface area contributed by atoms with Gasteiger partial charge in [-0.3, -0.25) is 0 Å². The van der Waals surface area contributed by atoms with E-state index in [9.17, 15) is 0 Å². The van der Waals surface area contributed by atoms with Crippen molar-refractivity contribution < 1.29 is 0 Å². The van der Waals surface area contributed by atoms with Crippen molar-refractivity contribution >= 4 is 28.1 Å². The fourth-order valence-electron chi connectivity index (χ4n) is 5.57. The SMILES string of the molecule is CC1=Cc2c(Br)cccc2C1CCC1C(C)=Cc2c(-c3cc(C)ccc3C)cccc21. The molecule has 2 atom stereocenters. The van der Waals surface area contributed by atoms with E-state index in [2.05, 4.69) is 110 Å². The number of benzene rings is 3. The Labute approximate surface area is 194 Å². The third kappa shape index (κ3) is 3.53. The molecular weight excluding hydrogens is 440 g/mol. The maximum Gasteiger partial charge on any atom is 0.0250 e. The topological polar surface area (TPSA) is 0 Å². The van der Waals surface area contributed by atoms with Crippen LogP contribution < -0.4 is 0 Å². The number of rotatable bonds is 4. The second-order valence-electron chi connectivity index (χ2n) is 9.33. The molecule has 156 valence electrons. The van der Waals surface area contributed by atoms with Crippen LogP contribution in [0.15, 0.2) is 70.2 Å². The Morgan fingerprint density at radius 1 is 0.677 bits per heavy atom. The summed E-state index contributed by atoms with van der Waals surface area (Å²) in [4.78, 5) is 0. The van der Waals surface area contributed by atoms with Gasteiger partial charge in [0, 0.05) is 16.3 Å². The molecule has 0 spiro atoms. The summed E-state index contributed by atoms with van der Waals surface area (Å²) < 4.78 is 1.22. The summed E-state index contributed by atoms with van der Waals surface area (Å²) in [6, 6.07) is 20.3. The van der Waals surface area contributed by atoms with E-state index in [0.717, 1.165) is 0 Å². The Hall–Kier alpha value is -2.38. The summed E-state index contributed by atoms with van der Waals surface area (Å²) in [6.45, 7) is 9.02. The summed E-state index contributed by atoms with van der Waals surface area (Å²) in [5.74, 6) is 1.05. The zero-order chi connectivity index (χ0) is 21.7. The molecule has 2 aliphatic rings. The first-order valence-corrected chi connectivity index (χ1v) is 12.1.